The lowest BCUT2D eigenvalue weighted by Crippen LogP contribution is -2.54. The first-order valence-corrected chi connectivity index (χ1v) is 27.1. The molecule has 5 heteroatoms. The summed E-state index contributed by atoms with van der Waals surface area (Å²) in [5.74, 6) is 1.92. The molecule has 10 aromatic rings. The van der Waals surface area contributed by atoms with Crippen LogP contribution in [0.5, 0.6) is 0 Å². The minimum Gasteiger partial charge on any atom is -0.455 e. The van der Waals surface area contributed by atoms with Gasteiger partial charge in [0.2, 0.25) is 5.69 Å². The highest BCUT2D eigenvalue weighted by Crippen LogP contribution is 2.48. The molecule has 3 aromatic heterocycles. The van der Waals surface area contributed by atoms with Gasteiger partial charge < -0.3 is 4.42 Å². The summed E-state index contributed by atoms with van der Waals surface area (Å²) in [7, 11) is -1.74. The summed E-state index contributed by atoms with van der Waals surface area (Å²) >= 11 is 0. The highest BCUT2D eigenvalue weighted by Gasteiger charge is 2.45. The van der Waals surface area contributed by atoms with Crippen LogP contribution in [0.3, 0.4) is 0 Å². The van der Waals surface area contributed by atoms with Crippen LogP contribution in [0.1, 0.15) is 55.3 Å². The molecular formula is C60H55N3OSi+2. The molecule has 4 nitrogen and oxygen atoms in total. The second-order valence-corrected chi connectivity index (χ2v) is 25.1. The molecule has 0 amide bonds. The zero-order chi connectivity index (χ0) is 44.1. The number of allylic oxidation sites excluding steroid dienone is 1. The predicted molar refractivity (Wildman–Crippen MR) is 273 cm³/mol. The first-order valence-electron chi connectivity index (χ1n) is 23.6. The molecule has 65 heavy (non-hydrogen) atoms. The Morgan fingerprint density at radius 2 is 1.48 bits per heavy atom. The zero-order valence-electron chi connectivity index (χ0n) is 38.1. The van der Waals surface area contributed by atoms with Crippen molar-refractivity contribution in [2.45, 2.75) is 71.1 Å². The minimum absolute atomic E-state index is 0.159. The Kier molecular flexibility index (Phi) is 9.26. The molecule has 7 aromatic carbocycles. The molecule has 2 aliphatic rings. The summed E-state index contributed by atoms with van der Waals surface area (Å²) in [5.41, 5.74) is 16.8. The molecule has 318 valence electrons. The third kappa shape index (κ3) is 6.30. The first-order chi connectivity index (χ1) is 31.6. The molecular weight excluding hydrogens is 807 g/mol. The quantitative estimate of drug-likeness (QED) is 0.125. The van der Waals surface area contributed by atoms with E-state index in [4.69, 9.17) is 11.0 Å². The molecule has 0 saturated heterocycles. The smallest absolute Gasteiger partial charge is 0.304 e. The van der Waals surface area contributed by atoms with Crippen molar-refractivity contribution in [3.8, 4) is 39.5 Å². The predicted octanol–water partition coefficient (Wildman–Crippen LogP) is 14.1. The van der Waals surface area contributed by atoms with Crippen molar-refractivity contribution in [1.82, 2.24) is 4.57 Å². The molecule has 5 heterocycles. The third-order valence-corrected chi connectivity index (χ3v) is 16.5. The van der Waals surface area contributed by atoms with Crippen LogP contribution in [-0.4, -0.2) is 12.6 Å². The van der Waals surface area contributed by atoms with E-state index in [9.17, 15) is 0 Å². The van der Waals surface area contributed by atoms with Crippen LogP contribution in [0.4, 0.5) is 0 Å². The van der Waals surface area contributed by atoms with E-state index in [2.05, 4.69) is 211 Å². The van der Waals surface area contributed by atoms with Crippen LogP contribution in [-0.2, 0) is 12.8 Å². The normalized spacial score (nSPS) is 16.1. The van der Waals surface area contributed by atoms with Crippen molar-refractivity contribution < 1.29 is 13.6 Å². The first kappa shape index (κ1) is 39.7. The average Bonchev–Trinajstić information content (AvgIpc) is 3.86. The second-order valence-electron chi connectivity index (χ2n) is 20.0. The molecule has 0 radical (unpaired) electrons. The van der Waals surface area contributed by atoms with Gasteiger partial charge in [0.25, 0.3) is 0 Å². The van der Waals surface area contributed by atoms with E-state index in [1.165, 1.54) is 49.8 Å². The maximum Gasteiger partial charge on any atom is 0.304 e. The topological polar surface area (TPSA) is 25.8 Å². The Morgan fingerprint density at radius 3 is 2.31 bits per heavy atom. The molecule has 0 fully saturated rings. The van der Waals surface area contributed by atoms with Gasteiger partial charge >= 0.3 is 5.82 Å². The van der Waals surface area contributed by atoms with Gasteiger partial charge in [-0.05, 0) is 83.2 Å². The number of imidazole rings is 1. The molecule has 2 unspecified atom stereocenters. The Labute approximate surface area is 382 Å². The highest BCUT2D eigenvalue weighted by atomic mass is 28.3. The number of aryl methyl sites for hydroxylation is 1. The number of furan rings is 1. The summed E-state index contributed by atoms with van der Waals surface area (Å²) in [6, 6.07) is 58.6. The van der Waals surface area contributed by atoms with Crippen LogP contribution in [0.25, 0.3) is 88.9 Å². The van der Waals surface area contributed by atoms with E-state index in [1.54, 1.807) is 5.19 Å². The van der Waals surface area contributed by atoms with E-state index in [0.29, 0.717) is 5.92 Å². The lowest BCUT2D eigenvalue weighted by atomic mass is 9.77. The summed E-state index contributed by atoms with van der Waals surface area (Å²) in [6.45, 7) is 17.5. The standard InChI is InChI=1S/C60H55N3OSi/c1-38(2)34-43-36-54-47-23-13-12-22-46(47)48-32-29-42-30-33-50-49-24-14-17-27-55(49)64-59(50)57(42)60-62(39(3)35-53(48)61(54)37-56(43)65(4,5)6)51-25-15-16-26-52(51)63(60)58-44-21-11-10-20-41(44)28-31-45(58)40-18-8-7-9-19-40/h7-28,30-31,33,36-38,48,53H,3,29,32,34-35H2,1-2,4-6H3/q+2. The van der Waals surface area contributed by atoms with Crippen LogP contribution >= 0.6 is 0 Å². The Bertz CT molecular complexity index is 3550. The van der Waals surface area contributed by atoms with Crippen LogP contribution in [0.2, 0.25) is 19.6 Å². The van der Waals surface area contributed by atoms with E-state index < -0.39 is 8.07 Å². The van der Waals surface area contributed by atoms with E-state index in [1.807, 2.05) is 0 Å². The number of fused-ring (bicyclic) bond motifs is 16. The van der Waals surface area contributed by atoms with Gasteiger partial charge in [-0.3, -0.25) is 0 Å². The lowest BCUT2D eigenvalue weighted by Gasteiger charge is -2.33. The van der Waals surface area contributed by atoms with Gasteiger partial charge in [-0.1, -0.05) is 161 Å². The molecule has 0 N–H and O–H groups in total. The fourth-order valence-corrected chi connectivity index (χ4v) is 13.3. The summed E-state index contributed by atoms with van der Waals surface area (Å²) in [4.78, 5) is 0. The van der Waals surface area contributed by atoms with Crippen molar-refractivity contribution in [2.24, 2.45) is 5.92 Å². The molecule has 12 rings (SSSR count). The molecule has 2 atom stereocenters. The van der Waals surface area contributed by atoms with Crippen molar-refractivity contribution in [1.29, 1.82) is 0 Å². The van der Waals surface area contributed by atoms with Crippen molar-refractivity contribution in [3.05, 3.63) is 187 Å². The zero-order valence-corrected chi connectivity index (χ0v) is 39.1. The number of nitrogens with zero attached hydrogens (tertiary/aromatic N) is 3. The van der Waals surface area contributed by atoms with Gasteiger partial charge in [0, 0.05) is 44.5 Å². The number of para-hydroxylation sites is 3. The van der Waals surface area contributed by atoms with Gasteiger partial charge in [-0.25, -0.2) is 0 Å². The third-order valence-electron chi connectivity index (χ3n) is 14.4. The number of pyridine rings is 1. The second kappa shape index (κ2) is 15.1. The van der Waals surface area contributed by atoms with E-state index >= 15 is 0 Å². The van der Waals surface area contributed by atoms with Crippen LogP contribution in [0.15, 0.2) is 175 Å². The van der Waals surface area contributed by atoms with Crippen molar-refractivity contribution >= 4 is 62.7 Å². The number of hydrogen-bond acceptors (Lipinski definition) is 1. The van der Waals surface area contributed by atoms with Gasteiger partial charge in [0.1, 0.15) is 22.5 Å². The Hall–Kier alpha value is -6.82. The largest absolute Gasteiger partial charge is 0.455 e. The average molecular weight is 862 g/mol. The fraction of sp³-hybridized carbons (Fsp3) is 0.200. The van der Waals surface area contributed by atoms with Crippen LogP contribution in [0, 0.1) is 5.92 Å². The van der Waals surface area contributed by atoms with E-state index in [-0.39, 0.29) is 12.0 Å². The monoisotopic (exact) mass is 861 g/mol. The fourth-order valence-electron chi connectivity index (χ4n) is 11.6. The van der Waals surface area contributed by atoms with Gasteiger partial charge in [-0.15, -0.1) is 0 Å². The number of benzene rings is 7. The highest BCUT2D eigenvalue weighted by molar-refractivity contribution is 6.89. The Balaban J connectivity index is 1.20. The van der Waals surface area contributed by atoms with Gasteiger partial charge in [0.05, 0.1) is 14.5 Å². The minimum atomic E-state index is -1.74. The molecule has 0 aliphatic carbocycles. The van der Waals surface area contributed by atoms with E-state index in [0.717, 1.165) is 81.4 Å². The lowest BCUT2D eigenvalue weighted by molar-refractivity contribution is -0.719. The summed E-state index contributed by atoms with van der Waals surface area (Å²) in [5, 5.41) is 6.24. The summed E-state index contributed by atoms with van der Waals surface area (Å²) in [6.07, 6.45) is 6.34. The maximum absolute atomic E-state index is 7.14. The number of rotatable bonds is 5. The molecule has 0 bridgehead atoms. The number of aromatic nitrogens is 3. The van der Waals surface area contributed by atoms with Gasteiger partial charge in [0.15, 0.2) is 28.9 Å². The maximum atomic E-state index is 7.14. The SMILES string of the molecule is C=C1CC2C(CCc3ccc4c(oc5ccccc54)c3-c3n(-c4c(-c5ccccc5)ccc5ccccc45)c4ccccc4[n+]31)c1ccccc1-c1cc(CC(C)C)c([Si](C)(C)C)c[n+]12. The van der Waals surface area contributed by atoms with Crippen LogP contribution < -0.4 is 14.3 Å². The molecule has 2 aliphatic heterocycles. The van der Waals surface area contributed by atoms with Gasteiger partial charge in [-0.2, -0.15) is 13.7 Å². The molecule has 0 spiro atoms. The summed E-state index contributed by atoms with van der Waals surface area (Å²) < 4.78 is 14.9. The van der Waals surface area contributed by atoms with Crippen molar-refractivity contribution in [3.63, 3.8) is 0 Å². The molecule has 0 saturated carbocycles. The van der Waals surface area contributed by atoms with Crippen molar-refractivity contribution in [2.75, 3.05) is 0 Å². The number of hydrogen-bond donors (Lipinski definition) is 0. The Morgan fingerprint density at radius 1 is 0.738 bits per heavy atom.